The van der Waals surface area contributed by atoms with Crippen LogP contribution in [0, 0.1) is 5.92 Å². The van der Waals surface area contributed by atoms with Crippen molar-refractivity contribution in [1.29, 1.82) is 0 Å². The van der Waals surface area contributed by atoms with Gasteiger partial charge in [0, 0.05) is 19.3 Å². The Morgan fingerprint density at radius 2 is 1.58 bits per heavy atom. The van der Waals surface area contributed by atoms with Crippen molar-refractivity contribution >= 4 is 31.3 Å². The Bertz CT molecular complexity index is 1340. The number of nitrogens with zero attached hydrogens (tertiary/aromatic N) is 1. The van der Waals surface area contributed by atoms with Crippen LogP contribution in [0.3, 0.4) is 0 Å². The highest BCUT2D eigenvalue weighted by molar-refractivity contribution is 7.92. The van der Waals surface area contributed by atoms with Crippen molar-refractivity contribution in [3.63, 3.8) is 0 Å². The monoisotopic (exact) mass is 503 g/mol. The maximum Gasteiger partial charge on any atom is 0.180 e. The van der Waals surface area contributed by atoms with Gasteiger partial charge in [-0.05, 0) is 53.8 Å². The van der Waals surface area contributed by atoms with Gasteiger partial charge in [-0.2, -0.15) is 0 Å². The Balaban J connectivity index is 1.40. The number of rotatable bonds is 7. The number of hydrogen-bond acceptors (Lipinski definition) is 5. The minimum absolute atomic E-state index is 0.0310. The molecule has 0 aromatic heterocycles. The first kappa shape index (κ1) is 24.0. The minimum atomic E-state index is -3.71. The molecule has 0 aliphatic carbocycles. The van der Waals surface area contributed by atoms with Gasteiger partial charge in [0.05, 0.1) is 20.6 Å². The fourth-order valence-electron chi connectivity index (χ4n) is 4.24. The van der Waals surface area contributed by atoms with Crippen LogP contribution in [0.15, 0.2) is 82.6 Å². The van der Waals surface area contributed by atoms with Crippen LogP contribution in [0.4, 0.5) is 0 Å². The second kappa shape index (κ2) is 9.58. The molecule has 3 aromatic carbocycles. The molecule has 0 radical (unpaired) electrons. The summed E-state index contributed by atoms with van der Waals surface area (Å²) in [5.41, 5.74) is 3.52. The molecule has 1 saturated heterocycles. The van der Waals surface area contributed by atoms with Gasteiger partial charge in [-0.25, -0.2) is 16.8 Å². The summed E-state index contributed by atoms with van der Waals surface area (Å²) in [7, 11) is -7.24. The topological polar surface area (TPSA) is 71.5 Å². The summed E-state index contributed by atoms with van der Waals surface area (Å²) in [5.74, 6) is -0.0832. The molecule has 1 aliphatic rings. The Morgan fingerprint density at radius 3 is 2.24 bits per heavy atom. The van der Waals surface area contributed by atoms with Gasteiger partial charge in [0.1, 0.15) is 0 Å². The fourth-order valence-corrected chi connectivity index (χ4v) is 7.17. The highest BCUT2D eigenvalue weighted by Crippen LogP contribution is 2.29. The normalized spacial score (nSPS) is 17.3. The third-order valence-electron chi connectivity index (χ3n) is 5.96. The third-order valence-corrected chi connectivity index (χ3v) is 9.43. The van der Waals surface area contributed by atoms with Crippen molar-refractivity contribution in [2.24, 2.45) is 5.92 Å². The van der Waals surface area contributed by atoms with Crippen LogP contribution in [-0.2, 0) is 26.2 Å². The highest BCUT2D eigenvalue weighted by atomic mass is 35.5. The van der Waals surface area contributed by atoms with Crippen LogP contribution >= 0.6 is 11.6 Å². The van der Waals surface area contributed by atoms with E-state index in [-0.39, 0.29) is 26.5 Å². The maximum atomic E-state index is 13.0. The summed E-state index contributed by atoms with van der Waals surface area (Å²) in [6.07, 6.45) is 1.82. The molecule has 0 unspecified atom stereocenters. The lowest BCUT2D eigenvalue weighted by Gasteiger charge is -2.17. The second-order valence-electron chi connectivity index (χ2n) is 8.60. The summed E-state index contributed by atoms with van der Waals surface area (Å²) >= 11 is 6.12. The van der Waals surface area contributed by atoms with Crippen LogP contribution in [0.2, 0.25) is 5.02 Å². The first-order valence-electron chi connectivity index (χ1n) is 10.7. The molecule has 0 spiro atoms. The number of halogens is 1. The zero-order valence-electron chi connectivity index (χ0n) is 18.3. The molecule has 1 atom stereocenters. The average Bonchev–Trinajstić information content (AvgIpc) is 3.20. The number of hydrogen-bond donors (Lipinski definition) is 0. The lowest BCUT2D eigenvalue weighted by Crippen LogP contribution is -2.23. The highest BCUT2D eigenvalue weighted by Gasteiger charge is 2.30. The fraction of sp³-hybridized carbons (Fsp3) is 0.280. The summed E-state index contributed by atoms with van der Waals surface area (Å²) in [6.45, 7) is 2.25. The number of likely N-dealkylation sites (tertiary alicyclic amines) is 1. The summed E-state index contributed by atoms with van der Waals surface area (Å²) in [4.78, 5) is 2.10. The average molecular weight is 504 g/mol. The molecular formula is C25H26ClNO4S2. The van der Waals surface area contributed by atoms with Crippen molar-refractivity contribution in [2.75, 3.05) is 25.1 Å². The van der Waals surface area contributed by atoms with Crippen LogP contribution in [0.25, 0.3) is 11.1 Å². The maximum absolute atomic E-state index is 13.0. The second-order valence-corrected chi connectivity index (χ2v) is 13.0. The van der Waals surface area contributed by atoms with E-state index >= 15 is 0 Å². The number of sulfone groups is 2. The molecule has 1 aliphatic heterocycles. The molecule has 4 rings (SSSR count). The minimum Gasteiger partial charge on any atom is -0.299 e. The van der Waals surface area contributed by atoms with Gasteiger partial charge < -0.3 is 0 Å². The molecule has 8 heteroatoms. The van der Waals surface area contributed by atoms with Gasteiger partial charge in [0.15, 0.2) is 19.7 Å². The van der Waals surface area contributed by atoms with E-state index in [1.807, 2.05) is 18.2 Å². The van der Waals surface area contributed by atoms with Crippen LogP contribution < -0.4 is 0 Å². The summed E-state index contributed by atoms with van der Waals surface area (Å²) in [5, 5.41) is 0.0516. The predicted octanol–water partition coefficient (Wildman–Crippen LogP) is 4.71. The molecule has 174 valence electrons. The Labute approximate surface area is 200 Å². The van der Waals surface area contributed by atoms with E-state index in [2.05, 4.69) is 41.3 Å². The van der Waals surface area contributed by atoms with Crippen molar-refractivity contribution in [1.82, 2.24) is 4.90 Å². The zero-order chi connectivity index (χ0) is 23.6. The van der Waals surface area contributed by atoms with E-state index in [0.29, 0.717) is 6.54 Å². The lowest BCUT2D eigenvalue weighted by molar-refractivity contribution is 0.320. The Morgan fingerprint density at radius 1 is 0.909 bits per heavy atom. The molecule has 33 heavy (non-hydrogen) atoms. The van der Waals surface area contributed by atoms with Crippen molar-refractivity contribution < 1.29 is 16.8 Å². The van der Waals surface area contributed by atoms with E-state index in [9.17, 15) is 16.8 Å². The summed E-state index contributed by atoms with van der Waals surface area (Å²) < 4.78 is 49.7. The van der Waals surface area contributed by atoms with Gasteiger partial charge in [-0.1, -0.05) is 66.2 Å². The van der Waals surface area contributed by atoms with Crippen LogP contribution in [-0.4, -0.2) is 46.8 Å². The quantitative estimate of drug-likeness (QED) is 0.467. The first-order chi connectivity index (χ1) is 15.6. The smallest absolute Gasteiger partial charge is 0.180 e. The summed E-state index contributed by atoms with van der Waals surface area (Å²) in [6, 6.07) is 22.5. The van der Waals surface area contributed by atoms with Crippen molar-refractivity contribution in [2.45, 2.75) is 22.8 Å². The first-order valence-corrected chi connectivity index (χ1v) is 14.6. The number of benzene rings is 3. The zero-order valence-corrected chi connectivity index (χ0v) is 20.7. The standard InChI is InChI=1S/C25H26ClNO4S2/c1-32(28,29)23-11-12-24(26)25(15-23)33(30,31)18-20-13-14-27(17-20)16-19-7-9-22(10-8-19)21-5-3-2-4-6-21/h2-12,15,20H,13-14,16-18H2,1H3/t20-/m1/s1. The van der Waals surface area contributed by atoms with Gasteiger partial charge in [-0.15, -0.1) is 0 Å². The van der Waals surface area contributed by atoms with Gasteiger partial charge in [0.25, 0.3) is 0 Å². The van der Waals surface area contributed by atoms with E-state index in [1.165, 1.54) is 29.3 Å². The van der Waals surface area contributed by atoms with E-state index in [0.717, 1.165) is 31.3 Å². The molecule has 0 bridgehead atoms. The van der Waals surface area contributed by atoms with Gasteiger partial charge >= 0.3 is 0 Å². The predicted molar refractivity (Wildman–Crippen MR) is 132 cm³/mol. The molecule has 5 nitrogen and oxygen atoms in total. The van der Waals surface area contributed by atoms with Gasteiger partial charge in [-0.3, -0.25) is 4.90 Å². The Kier molecular flexibility index (Phi) is 6.96. The molecule has 3 aromatic rings. The van der Waals surface area contributed by atoms with E-state index < -0.39 is 19.7 Å². The SMILES string of the molecule is CS(=O)(=O)c1ccc(Cl)c(S(=O)(=O)C[C@@H]2CCN(Cc3ccc(-c4ccccc4)cc3)C2)c1. The molecule has 0 N–H and O–H groups in total. The molecule has 0 saturated carbocycles. The molecule has 1 fully saturated rings. The van der Waals surface area contributed by atoms with Crippen molar-refractivity contribution in [3.05, 3.63) is 83.4 Å². The largest absolute Gasteiger partial charge is 0.299 e. The lowest BCUT2D eigenvalue weighted by atomic mass is 10.0. The van der Waals surface area contributed by atoms with E-state index in [1.54, 1.807) is 0 Å². The Hall–Kier alpha value is -2.19. The van der Waals surface area contributed by atoms with E-state index in [4.69, 9.17) is 11.6 Å². The third kappa shape index (κ3) is 5.84. The molecule has 1 heterocycles. The molecular weight excluding hydrogens is 478 g/mol. The molecule has 0 amide bonds. The van der Waals surface area contributed by atoms with Crippen LogP contribution in [0.5, 0.6) is 0 Å². The van der Waals surface area contributed by atoms with Gasteiger partial charge in [0.2, 0.25) is 0 Å². The van der Waals surface area contributed by atoms with Crippen LogP contribution in [0.1, 0.15) is 12.0 Å². The van der Waals surface area contributed by atoms with Crippen molar-refractivity contribution in [3.8, 4) is 11.1 Å².